The Labute approximate surface area is 77.2 Å². The van der Waals surface area contributed by atoms with Crippen LogP contribution in [0.3, 0.4) is 0 Å². The number of aromatic nitrogens is 1. The van der Waals surface area contributed by atoms with Crippen LogP contribution in [0.15, 0.2) is 24.5 Å². The minimum atomic E-state index is 0.318. The first-order valence-electron chi connectivity index (χ1n) is 4.15. The Morgan fingerprint density at radius 1 is 1.42 bits per heavy atom. The number of rotatable bonds is 1. The lowest BCUT2D eigenvalue weighted by Gasteiger charge is -2.16. The lowest BCUT2D eigenvalue weighted by Crippen LogP contribution is -2.19. The van der Waals surface area contributed by atoms with E-state index in [4.69, 9.17) is 11.6 Å². The maximum absolute atomic E-state index is 6.00. The minimum Gasteiger partial charge on any atom is -0.370 e. The van der Waals surface area contributed by atoms with Gasteiger partial charge >= 0.3 is 0 Å². The lowest BCUT2D eigenvalue weighted by molar-refractivity contribution is 0.958. The molecule has 1 aromatic heterocycles. The summed E-state index contributed by atoms with van der Waals surface area (Å²) in [6.45, 7) is 2.03. The monoisotopic (exact) mass is 182 g/mol. The summed E-state index contributed by atoms with van der Waals surface area (Å²) in [5.74, 6) is 0. The van der Waals surface area contributed by atoms with E-state index in [1.165, 1.54) is 5.69 Å². The minimum absolute atomic E-state index is 0.318. The van der Waals surface area contributed by atoms with Gasteiger partial charge in [0, 0.05) is 31.2 Å². The summed E-state index contributed by atoms with van der Waals surface area (Å²) in [7, 11) is 0. The number of alkyl halides is 1. The highest BCUT2D eigenvalue weighted by atomic mass is 35.5. The molecule has 1 fully saturated rings. The molecule has 2 nitrogen and oxygen atoms in total. The van der Waals surface area contributed by atoms with Crippen LogP contribution >= 0.6 is 11.6 Å². The SMILES string of the molecule is ClC1CCN(c2ccncc2)C1. The normalized spacial score (nSPS) is 23.1. The highest BCUT2D eigenvalue weighted by Gasteiger charge is 2.19. The van der Waals surface area contributed by atoms with Crippen LogP contribution in [-0.2, 0) is 0 Å². The van der Waals surface area contributed by atoms with Gasteiger partial charge in [-0.25, -0.2) is 0 Å². The zero-order chi connectivity index (χ0) is 8.39. The fraction of sp³-hybridized carbons (Fsp3) is 0.444. The molecule has 2 rings (SSSR count). The number of nitrogens with zero attached hydrogens (tertiary/aromatic N) is 2. The van der Waals surface area contributed by atoms with Crippen LogP contribution in [0.2, 0.25) is 0 Å². The smallest absolute Gasteiger partial charge is 0.0528 e. The molecule has 64 valence electrons. The van der Waals surface area contributed by atoms with Gasteiger partial charge in [-0.3, -0.25) is 4.98 Å². The summed E-state index contributed by atoms with van der Waals surface area (Å²) in [5.41, 5.74) is 1.23. The van der Waals surface area contributed by atoms with E-state index in [1.54, 1.807) is 0 Å². The van der Waals surface area contributed by atoms with E-state index in [2.05, 4.69) is 9.88 Å². The second kappa shape index (κ2) is 3.31. The number of halogens is 1. The average Bonchev–Trinajstić information content (AvgIpc) is 2.54. The van der Waals surface area contributed by atoms with Gasteiger partial charge in [0.1, 0.15) is 0 Å². The van der Waals surface area contributed by atoms with E-state index >= 15 is 0 Å². The first-order valence-corrected chi connectivity index (χ1v) is 4.59. The van der Waals surface area contributed by atoms with Gasteiger partial charge in [-0.05, 0) is 18.6 Å². The largest absolute Gasteiger partial charge is 0.370 e. The van der Waals surface area contributed by atoms with Crippen molar-refractivity contribution in [3.8, 4) is 0 Å². The molecule has 0 spiro atoms. The fourth-order valence-corrected chi connectivity index (χ4v) is 1.77. The molecule has 0 radical (unpaired) electrons. The van der Waals surface area contributed by atoms with Crippen molar-refractivity contribution in [1.29, 1.82) is 0 Å². The lowest BCUT2D eigenvalue weighted by atomic mass is 10.4. The number of hydrogen-bond acceptors (Lipinski definition) is 2. The van der Waals surface area contributed by atoms with Crippen molar-refractivity contribution in [3.63, 3.8) is 0 Å². The van der Waals surface area contributed by atoms with Gasteiger partial charge in [0.15, 0.2) is 0 Å². The summed E-state index contributed by atoms with van der Waals surface area (Å²) in [4.78, 5) is 6.27. The van der Waals surface area contributed by atoms with Crippen LogP contribution in [0.5, 0.6) is 0 Å². The Balaban J connectivity index is 2.11. The molecular weight excluding hydrogens is 172 g/mol. The third kappa shape index (κ3) is 1.53. The van der Waals surface area contributed by atoms with Crippen molar-refractivity contribution in [3.05, 3.63) is 24.5 Å². The molecule has 0 amide bonds. The maximum Gasteiger partial charge on any atom is 0.0528 e. The fourth-order valence-electron chi connectivity index (χ4n) is 1.51. The summed E-state index contributed by atoms with van der Waals surface area (Å²) in [5, 5.41) is 0.318. The standard InChI is InChI=1S/C9H11ClN2/c10-8-3-6-12(7-8)9-1-4-11-5-2-9/h1-2,4-5,8H,3,6-7H2. The van der Waals surface area contributed by atoms with Crippen molar-refractivity contribution in [2.75, 3.05) is 18.0 Å². The number of hydrogen-bond donors (Lipinski definition) is 0. The van der Waals surface area contributed by atoms with E-state index in [0.717, 1.165) is 19.5 Å². The number of anilines is 1. The van der Waals surface area contributed by atoms with Gasteiger partial charge in [0.05, 0.1) is 5.38 Å². The third-order valence-electron chi connectivity index (χ3n) is 2.16. The first kappa shape index (κ1) is 7.87. The summed E-state index contributed by atoms with van der Waals surface area (Å²) in [6, 6.07) is 4.05. The molecule has 1 unspecified atom stereocenters. The van der Waals surface area contributed by atoms with Gasteiger partial charge in [0.2, 0.25) is 0 Å². The second-order valence-corrected chi connectivity index (χ2v) is 3.65. The van der Waals surface area contributed by atoms with Gasteiger partial charge in [0.25, 0.3) is 0 Å². The second-order valence-electron chi connectivity index (χ2n) is 3.04. The van der Waals surface area contributed by atoms with Crippen LogP contribution in [0.1, 0.15) is 6.42 Å². The molecule has 0 aliphatic carbocycles. The summed E-state index contributed by atoms with van der Waals surface area (Å²) in [6.07, 6.45) is 4.72. The van der Waals surface area contributed by atoms with Gasteiger partial charge in [-0.15, -0.1) is 11.6 Å². The van der Waals surface area contributed by atoms with E-state index < -0.39 is 0 Å². The Morgan fingerprint density at radius 2 is 2.17 bits per heavy atom. The summed E-state index contributed by atoms with van der Waals surface area (Å²) >= 11 is 6.00. The highest BCUT2D eigenvalue weighted by molar-refractivity contribution is 6.21. The predicted octanol–water partition coefficient (Wildman–Crippen LogP) is 1.90. The molecule has 2 heterocycles. The van der Waals surface area contributed by atoms with Crippen molar-refractivity contribution in [2.24, 2.45) is 0 Å². The molecule has 1 atom stereocenters. The number of pyridine rings is 1. The van der Waals surface area contributed by atoms with Crippen LogP contribution < -0.4 is 4.90 Å². The van der Waals surface area contributed by atoms with E-state index in [-0.39, 0.29) is 0 Å². The van der Waals surface area contributed by atoms with Crippen molar-refractivity contribution < 1.29 is 0 Å². The van der Waals surface area contributed by atoms with Gasteiger partial charge in [-0.1, -0.05) is 0 Å². The molecule has 1 aliphatic rings. The van der Waals surface area contributed by atoms with Crippen LogP contribution in [0.25, 0.3) is 0 Å². The molecule has 1 aliphatic heterocycles. The van der Waals surface area contributed by atoms with Crippen LogP contribution in [-0.4, -0.2) is 23.5 Å². The highest BCUT2D eigenvalue weighted by Crippen LogP contribution is 2.21. The quantitative estimate of drug-likeness (QED) is 0.617. The molecule has 0 aromatic carbocycles. The zero-order valence-electron chi connectivity index (χ0n) is 6.78. The average molecular weight is 183 g/mol. The third-order valence-corrected chi connectivity index (χ3v) is 2.51. The van der Waals surface area contributed by atoms with Crippen molar-refractivity contribution >= 4 is 17.3 Å². The molecule has 0 saturated carbocycles. The van der Waals surface area contributed by atoms with Crippen LogP contribution in [0, 0.1) is 0 Å². The van der Waals surface area contributed by atoms with Crippen molar-refractivity contribution in [1.82, 2.24) is 4.98 Å². The molecule has 1 aromatic rings. The topological polar surface area (TPSA) is 16.1 Å². The maximum atomic E-state index is 6.00. The Kier molecular flexibility index (Phi) is 2.17. The van der Waals surface area contributed by atoms with Crippen molar-refractivity contribution in [2.45, 2.75) is 11.8 Å². The Bertz CT molecular complexity index is 250. The molecule has 12 heavy (non-hydrogen) atoms. The van der Waals surface area contributed by atoms with E-state index in [1.807, 2.05) is 24.5 Å². The Hall–Kier alpha value is -0.760. The van der Waals surface area contributed by atoms with E-state index in [9.17, 15) is 0 Å². The molecule has 3 heteroatoms. The summed E-state index contributed by atoms with van der Waals surface area (Å²) < 4.78 is 0. The molecule has 0 N–H and O–H groups in total. The predicted molar refractivity (Wildman–Crippen MR) is 50.7 cm³/mol. The first-order chi connectivity index (χ1) is 5.86. The zero-order valence-corrected chi connectivity index (χ0v) is 7.54. The van der Waals surface area contributed by atoms with Crippen LogP contribution in [0.4, 0.5) is 5.69 Å². The molecular formula is C9H11ClN2. The van der Waals surface area contributed by atoms with Gasteiger partial charge < -0.3 is 4.90 Å². The molecule has 1 saturated heterocycles. The molecule has 0 bridgehead atoms. The van der Waals surface area contributed by atoms with E-state index in [0.29, 0.717) is 5.38 Å². The van der Waals surface area contributed by atoms with Gasteiger partial charge in [-0.2, -0.15) is 0 Å². The Morgan fingerprint density at radius 3 is 2.75 bits per heavy atom.